The van der Waals surface area contributed by atoms with Crippen LogP contribution in [0.4, 0.5) is 5.00 Å². The summed E-state index contributed by atoms with van der Waals surface area (Å²) in [7, 11) is -3.83. The molecule has 2 heterocycles. The SMILES string of the molecule is O=C(O)c1cc(S(=O)(=O)Nc2cnns2)cn1C1CC1. The molecule has 0 aromatic carbocycles. The van der Waals surface area contributed by atoms with Gasteiger partial charge in [-0.2, -0.15) is 0 Å². The summed E-state index contributed by atoms with van der Waals surface area (Å²) >= 11 is 0.906. The molecule has 1 saturated carbocycles. The Hall–Kier alpha value is -1.94. The average molecular weight is 314 g/mol. The molecule has 2 N–H and O–H groups in total. The molecule has 2 aromatic heterocycles. The van der Waals surface area contributed by atoms with E-state index in [1.165, 1.54) is 17.0 Å². The van der Waals surface area contributed by atoms with Crippen molar-refractivity contribution >= 4 is 32.5 Å². The van der Waals surface area contributed by atoms with E-state index in [0.717, 1.165) is 30.4 Å². The van der Waals surface area contributed by atoms with Gasteiger partial charge in [0.2, 0.25) is 0 Å². The lowest BCUT2D eigenvalue weighted by molar-refractivity contribution is 0.0685. The molecule has 10 heteroatoms. The number of rotatable bonds is 5. The summed E-state index contributed by atoms with van der Waals surface area (Å²) in [6.07, 6.45) is 4.37. The van der Waals surface area contributed by atoms with Crippen LogP contribution in [-0.2, 0) is 10.0 Å². The molecular weight excluding hydrogens is 304 g/mol. The quantitative estimate of drug-likeness (QED) is 0.856. The van der Waals surface area contributed by atoms with Gasteiger partial charge in [-0.1, -0.05) is 4.49 Å². The molecular formula is C10H10N4O4S2. The summed E-state index contributed by atoms with van der Waals surface area (Å²) in [6.45, 7) is 0. The second kappa shape index (κ2) is 4.56. The van der Waals surface area contributed by atoms with Gasteiger partial charge in [-0.05, 0) is 18.9 Å². The minimum atomic E-state index is -3.83. The summed E-state index contributed by atoms with van der Waals surface area (Å²) in [6, 6.07) is 1.24. The molecule has 1 fully saturated rings. The van der Waals surface area contributed by atoms with Crippen LogP contribution in [0.25, 0.3) is 0 Å². The van der Waals surface area contributed by atoms with Gasteiger partial charge in [0.15, 0.2) is 0 Å². The number of hydrogen-bond donors (Lipinski definition) is 2. The minimum absolute atomic E-state index is 0.0182. The third-order valence-corrected chi connectivity index (χ3v) is 4.93. The third-order valence-electron chi connectivity index (χ3n) is 2.89. The van der Waals surface area contributed by atoms with E-state index in [0.29, 0.717) is 0 Å². The van der Waals surface area contributed by atoms with Gasteiger partial charge in [-0.3, -0.25) is 4.72 Å². The van der Waals surface area contributed by atoms with Crippen LogP contribution in [0.2, 0.25) is 0 Å². The van der Waals surface area contributed by atoms with E-state index in [1.807, 2.05) is 0 Å². The molecule has 0 bridgehead atoms. The molecule has 1 aliphatic carbocycles. The first-order valence-electron chi connectivity index (χ1n) is 5.73. The van der Waals surface area contributed by atoms with Crippen LogP contribution in [0.1, 0.15) is 29.4 Å². The van der Waals surface area contributed by atoms with Crippen LogP contribution in [0.15, 0.2) is 23.4 Å². The Morgan fingerprint density at radius 2 is 2.25 bits per heavy atom. The monoisotopic (exact) mass is 314 g/mol. The first-order chi connectivity index (χ1) is 9.47. The maximum absolute atomic E-state index is 12.2. The number of nitrogens with one attached hydrogen (secondary N) is 1. The Kier molecular flexibility index (Phi) is 2.98. The third kappa shape index (κ3) is 2.39. The molecule has 2 aromatic rings. The van der Waals surface area contributed by atoms with Crippen molar-refractivity contribution in [3.05, 3.63) is 24.2 Å². The minimum Gasteiger partial charge on any atom is -0.477 e. The standard InChI is InChI=1S/C10H10N4O4S2/c15-10(16)8-3-7(5-14(8)6-1-2-6)20(17,18)12-9-4-11-13-19-9/h3-6,12H,1-2H2,(H,15,16). The van der Waals surface area contributed by atoms with Gasteiger partial charge >= 0.3 is 5.97 Å². The summed E-state index contributed by atoms with van der Waals surface area (Å²) in [5, 5.41) is 12.9. The van der Waals surface area contributed by atoms with Crippen LogP contribution < -0.4 is 4.72 Å². The first-order valence-corrected chi connectivity index (χ1v) is 7.98. The van der Waals surface area contributed by atoms with Crippen molar-refractivity contribution in [3.63, 3.8) is 0 Å². The van der Waals surface area contributed by atoms with Crippen LogP contribution in [0, 0.1) is 0 Å². The number of aromatic nitrogens is 3. The number of anilines is 1. The second-order valence-electron chi connectivity index (χ2n) is 4.39. The molecule has 0 amide bonds. The topological polar surface area (TPSA) is 114 Å². The van der Waals surface area contributed by atoms with E-state index in [9.17, 15) is 13.2 Å². The van der Waals surface area contributed by atoms with Crippen molar-refractivity contribution in [2.45, 2.75) is 23.8 Å². The zero-order valence-corrected chi connectivity index (χ0v) is 11.7. The molecule has 0 unspecified atom stereocenters. The maximum Gasteiger partial charge on any atom is 0.352 e. The largest absolute Gasteiger partial charge is 0.477 e. The lowest BCUT2D eigenvalue weighted by atomic mass is 10.4. The number of carboxylic acid groups (broad SMARTS) is 1. The van der Waals surface area contributed by atoms with Gasteiger partial charge in [0, 0.05) is 23.8 Å². The van der Waals surface area contributed by atoms with E-state index in [-0.39, 0.29) is 21.6 Å². The fourth-order valence-corrected chi connectivity index (χ4v) is 3.54. The normalized spacial score (nSPS) is 15.2. The van der Waals surface area contributed by atoms with Crippen LogP contribution in [0.5, 0.6) is 0 Å². The summed E-state index contributed by atoms with van der Waals surface area (Å²) < 4.78 is 31.7. The number of aromatic carboxylic acids is 1. The number of nitrogens with zero attached hydrogens (tertiary/aromatic N) is 3. The zero-order valence-electron chi connectivity index (χ0n) is 10.1. The Morgan fingerprint density at radius 3 is 2.80 bits per heavy atom. The summed E-state index contributed by atoms with van der Waals surface area (Å²) in [4.78, 5) is 11.1. The Morgan fingerprint density at radius 1 is 1.50 bits per heavy atom. The smallest absolute Gasteiger partial charge is 0.352 e. The molecule has 3 rings (SSSR count). The lowest BCUT2D eigenvalue weighted by Crippen LogP contribution is -2.11. The first kappa shape index (κ1) is 13.1. The van der Waals surface area contributed by atoms with Crippen molar-refractivity contribution in [1.82, 2.24) is 14.2 Å². The van der Waals surface area contributed by atoms with Crippen LogP contribution in [0.3, 0.4) is 0 Å². The van der Waals surface area contributed by atoms with Gasteiger partial charge in [0.25, 0.3) is 10.0 Å². The van der Waals surface area contributed by atoms with Gasteiger partial charge in [0.1, 0.15) is 15.6 Å². The van der Waals surface area contributed by atoms with E-state index >= 15 is 0 Å². The predicted octanol–water partition coefficient (Wildman–Crippen LogP) is 1.17. The Balaban J connectivity index is 1.97. The number of sulfonamides is 1. The fourth-order valence-electron chi connectivity index (χ4n) is 1.83. The van der Waals surface area contributed by atoms with E-state index in [1.54, 1.807) is 0 Å². The number of carbonyl (C=O) groups is 1. The van der Waals surface area contributed by atoms with E-state index in [2.05, 4.69) is 14.3 Å². The van der Waals surface area contributed by atoms with Gasteiger partial charge in [0.05, 0.1) is 6.20 Å². The average Bonchev–Trinajstić information content (AvgIpc) is 2.90. The molecule has 106 valence electrons. The van der Waals surface area contributed by atoms with Crippen molar-refractivity contribution in [2.75, 3.05) is 4.72 Å². The summed E-state index contributed by atoms with van der Waals surface area (Å²) in [5.41, 5.74) is -0.0182. The molecule has 20 heavy (non-hydrogen) atoms. The molecule has 0 atom stereocenters. The Labute approximate surface area is 118 Å². The van der Waals surface area contributed by atoms with Gasteiger partial charge in [-0.15, -0.1) is 5.10 Å². The van der Waals surface area contributed by atoms with Crippen LogP contribution >= 0.6 is 11.5 Å². The molecule has 1 aliphatic rings. The highest BCUT2D eigenvalue weighted by Gasteiger charge is 2.30. The zero-order chi connectivity index (χ0) is 14.3. The highest BCUT2D eigenvalue weighted by molar-refractivity contribution is 7.93. The highest BCUT2D eigenvalue weighted by Crippen LogP contribution is 2.37. The Bertz CT molecular complexity index is 746. The number of carboxylic acids is 1. The molecule has 8 nitrogen and oxygen atoms in total. The van der Waals surface area contributed by atoms with Crippen molar-refractivity contribution in [1.29, 1.82) is 0 Å². The molecule has 0 spiro atoms. The van der Waals surface area contributed by atoms with Crippen molar-refractivity contribution in [3.8, 4) is 0 Å². The highest BCUT2D eigenvalue weighted by atomic mass is 32.2. The molecule has 0 saturated heterocycles. The maximum atomic E-state index is 12.2. The fraction of sp³-hybridized carbons (Fsp3) is 0.300. The second-order valence-corrected chi connectivity index (χ2v) is 6.86. The number of hydrogen-bond acceptors (Lipinski definition) is 6. The molecule has 0 aliphatic heterocycles. The molecule has 0 radical (unpaired) electrons. The van der Waals surface area contributed by atoms with Gasteiger partial charge in [-0.25, -0.2) is 13.2 Å². The van der Waals surface area contributed by atoms with Crippen molar-refractivity contribution in [2.24, 2.45) is 0 Å². The van der Waals surface area contributed by atoms with E-state index in [4.69, 9.17) is 5.11 Å². The van der Waals surface area contributed by atoms with Crippen molar-refractivity contribution < 1.29 is 18.3 Å². The van der Waals surface area contributed by atoms with Crippen LogP contribution in [-0.4, -0.2) is 33.6 Å². The predicted molar refractivity (Wildman–Crippen MR) is 70.4 cm³/mol. The lowest BCUT2D eigenvalue weighted by Gasteiger charge is -2.02. The van der Waals surface area contributed by atoms with Gasteiger partial charge < -0.3 is 9.67 Å². The van der Waals surface area contributed by atoms with E-state index < -0.39 is 16.0 Å². The summed E-state index contributed by atoms with van der Waals surface area (Å²) in [5.74, 6) is -1.14.